The fraction of sp³-hybridized carbons (Fsp3) is 0.800. The molecule has 1 saturated carbocycles. The molecule has 0 aliphatic heterocycles. The summed E-state index contributed by atoms with van der Waals surface area (Å²) in [4.78, 5) is 22.1. The summed E-state index contributed by atoms with van der Waals surface area (Å²) in [5.41, 5.74) is -0.665. The Hall–Kier alpha value is -1.32. The van der Waals surface area contributed by atoms with E-state index >= 15 is 0 Å². The minimum Gasteiger partial charge on any atom is -0.441 e. The molecule has 0 heterocycles. The molecule has 0 aromatic carbocycles. The number of nitrogens with one attached hydrogen (secondary N) is 1. The molecular formula is C20H35NO3. The van der Waals surface area contributed by atoms with Gasteiger partial charge < -0.3 is 10.1 Å². The highest BCUT2D eigenvalue weighted by molar-refractivity contribution is 5.77. The minimum absolute atomic E-state index is 0.000330. The molecule has 0 spiro atoms. The smallest absolute Gasteiger partial charge is 0.295 e. The van der Waals surface area contributed by atoms with Gasteiger partial charge in [-0.3, -0.25) is 9.59 Å². The lowest BCUT2D eigenvalue weighted by Gasteiger charge is -2.14. The van der Waals surface area contributed by atoms with Crippen LogP contribution >= 0.6 is 0 Å². The first kappa shape index (κ1) is 20.7. The molecule has 0 saturated heterocycles. The van der Waals surface area contributed by atoms with Crippen molar-refractivity contribution in [3.8, 4) is 0 Å². The van der Waals surface area contributed by atoms with Gasteiger partial charge in [-0.1, -0.05) is 57.6 Å². The number of hydrogen-bond donors (Lipinski definition) is 1. The van der Waals surface area contributed by atoms with Gasteiger partial charge in [-0.05, 0) is 32.1 Å². The summed E-state index contributed by atoms with van der Waals surface area (Å²) in [7, 11) is 0. The molecule has 1 fully saturated rings. The molecule has 0 bridgehead atoms. The number of ether oxygens (including phenoxy) is 1. The van der Waals surface area contributed by atoms with Crippen molar-refractivity contribution in [2.24, 2.45) is 0 Å². The van der Waals surface area contributed by atoms with Gasteiger partial charge in [0.2, 0.25) is 5.91 Å². The van der Waals surface area contributed by atoms with Gasteiger partial charge in [0, 0.05) is 19.3 Å². The third-order valence-electron chi connectivity index (χ3n) is 4.51. The molecule has 0 radical (unpaired) electrons. The first-order valence-electron chi connectivity index (χ1n) is 9.80. The van der Waals surface area contributed by atoms with Crippen molar-refractivity contribution >= 4 is 12.4 Å². The number of allylic oxidation sites excluding steroid dienone is 2. The lowest BCUT2D eigenvalue weighted by molar-refractivity contribution is -0.140. The van der Waals surface area contributed by atoms with Crippen LogP contribution in [0.15, 0.2) is 12.2 Å². The van der Waals surface area contributed by atoms with Crippen molar-refractivity contribution in [2.45, 2.75) is 103 Å². The normalized spacial score (nSPS) is 15.4. The second-order valence-electron chi connectivity index (χ2n) is 6.88. The van der Waals surface area contributed by atoms with Crippen LogP contribution in [-0.4, -0.2) is 18.1 Å². The lowest BCUT2D eigenvalue weighted by Crippen LogP contribution is -2.38. The summed E-state index contributed by atoms with van der Waals surface area (Å²) < 4.78 is 4.91. The topological polar surface area (TPSA) is 55.4 Å². The van der Waals surface area contributed by atoms with Crippen molar-refractivity contribution < 1.29 is 14.3 Å². The lowest BCUT2D eigenvalue weighted by atomic mass is 10.1. The molecule has 0 unspecified atom stereocenters. The molecule has 0 aromatic heterocycles. The van der Waals surface area contributed by atoms with Crippen LogP contribution < -0.4 is 5.32 Å². The van der Waals surface area contributed by atoms with Crippen molar-refractivity contribution in [3.05, 3.63) is 12.2 Å². The number of rotatable bonds is 16. The summed E-state index contributed by atoms with van der Waals surface area (Å²) >= 11 is 0. The Morgan fingerprint density at radius 3 is 2.12 bits per heavy atom. The van der Waals surface area contributed by atoms with Crippen molar-refractivity contribution in [1.29, 1.82) is 0 Å². The Kier molecular flexibility index (Phi) is 11.2. The highest BCUT2D eigenvalue weighted by Gasteiger charge is 2.46. The standard InChI is InChI=1S/C20H35NO3/c1-2-3-4-5-6-7-8-9-10-11-12-13-14-15-19(23)21-20(16-17-20)24-18-22/h7-8,18H,2-6,9-17H2,1H3,(H,21,23). The van der Waals surface area contributed by atoms with Gasteiger partial charge in [-0.2, -0.15) is 0 Å². The third-order valence-corrected chi connectivity index (χ3v) is 4.51. The van der Waals surface area contributed by atoms with E-state index < -0.39 is 5.72 Å². The van der Waals surface area contributed by atoms with Gasteiger partial charge in [-0.15, -0.1) is 0 Å². The van der Waals surface area contributed by atoms with Crippen LogP contribution in [0.1, 0.15) is 96.8 Å². The number of amides is 1. The fourth-order valence-corrected chi connectivity index (χ4v) is 2.80. The molecule has 138 valence electrons. The first-order valence-corrected chi connectivity index (χ1v) is 9.80. The highest BCUT2D eigenvalue weighted by Crippen LogP contribution is 2.35. The van der Waals surface area contributed by atoms with Crippen LogP contribution in [0.2, 0.25) is 0 Å². The Morgan fingerprint density at radius 1 is 0.958 bits per heavy atom. The third kappa shape index (κ3) is 10.5. The van der Waals surface area contributed by atoms with E-state index in [-0.39, 0.29) is 5.91 Å². The zero-order chi connectivity index (χ0) is 17.5. The Morgan fingerprint density at radius 2 is 1.54 bits per heavy atom. The van der Waals surface area contributed by atoms with Crippen molar-refractivity contribution in [1.82, 2.24) is 5.32 Å². The fourth-order valence-electron chi connectivity index (χ4n) is 2.80. The Balaban J connectivity index is 1.84. The minimum atomic E-state index is -0.665. The predicted octanol–water partition coefficient (Wildman–Crippen LogP) is 5.02. The maximum absolute atomic E-state index is 11.8. The van der Waals surface area contributed by atoms with E-state index in [4.69, 9.17) is 4.74 Å². The van der Waals surface area contributed by atoms with E-state index in [1.807, 2.05) is 0 Å². The molecule has 1 aliphatic rings. The Bertz CT molecular complexity index is 375. The molecule has 4 nitrogen and oxygen atoms in total. The maximum Gasteiger partial charge on any atom is 0.295 e. The summed E-state index contributed by atoms with van der Waals surface area (Å²) in [5, 5.41) is 2.81. The van der Waals surface area contributed by atoms with Crippen LogP contribution in [0, 0.1) is 0 Å². The van der Waals surface area contributed by atoms with E-state index in [9.17, 15) is 9.59 Å². The van der Waals surface area contributed by atoms with Crippen molar-refractivity contribution in [2.75, 3.05) is 0 Å². The number of carbonyl (C=O) groups is 2. The molecule has 0 atom stereocenters. The zero-order valence-electron chi connectivity index (χ0n) is 15.4. The predicted molar refractivity (Wildman–Crippen MR) is 97.5 cm³/mol. The van der Waals surface area contributed by atoms with E-state index in [0.29, 0.717) is 12.9 Å². The number of unbranched alkanes of at least 4 members (excludes halogenated alkanes) is 9. The van der Waals surface area contributed by atoms with E-state index in [1.165, 1.54) is 57.8 Å². The van der Waals surface area contributed by atoms with Gasteiger partial charge in [0.15, 0.2) is 5.72 Å². The average molecular weight is 338 g/mol. The summed E-state index contributed by atoms with van der Waals surface area (Å²) in [6.07, 6.45) is 20.1. The molecule has 1 amide bonds. The number of hydrogen-bond acceptors (Lipinski definition) is 3. The molecule has 24 heavy (non-hydrogen) atoms. The second-order valence-corrected chi connectivity index (χ2v) is 6.88. The van der Waals surface area contributed by atoms with E-state index in [2.05, 4.69) is 24.4 Å². The summed E-state index contributed by atoms with van der Waals surface area (Å²) in [6.45, 7) is 2.67. The molecular weight excluding hydrogens is 302 g/mol. The molecule has 4 heteroatoms. The van der Waals surface area contributed by atoms with Gasteiger partial charge in [-0.25, -0.2) is 0 Å². The monoisotopic (exact) mass is 337 g/mol. The van der Waals surface area contributed by atoms with E-state index in [1.54, 1.807) is 0 Å². The van der Waals surface area contributed by atoms with E-state index in [0.717, 1.165) is 25.7 Å². The SMILES string of the molecule is CCCCCCC=CCCCCCCCC(=O)NC1(OC=O)CC1. The second kappa shape index (κ2) is 13.0. The average Bonchev–Trinajstić information content (AvgIpc) is 3.31. The largest absolute Gasteiger partial charge is 0.441 e. The van der Waals surface area contributed by atoms with Gasteiger partial charge in [0.25, 0.3) is 6.47 Å². The Labute approximate surface area is 147 Å². The highest BCUT2D eigenvalue weighted by atomic mass is 16.6. The van der Waals surface area contributed by atoms with Gasteiger partial charge in [0.1, 0.15) is 0 Å². The molecule has 1 rings (SSSR count). The van der Waals surface area contributed by atoms with Crippen LogP contribution in [0.25, 0.3) is 0 Å². The van der Waals surface area contributed by atoms with Gasteiger partial charge >= 0.3 is 0 Å². The van der Waals surface area contributed by atoms with Crippen LogP contribution in [-0.2, 0) is 14.3 Å². The quantitative estimate of drug-likeness (QED) is 0.186. The molecule has 0 aromatic rings. The van der Waals surface area contributed by atoms with Crippen LogP contribution in [0.5, 0.6) is 0 Å². The van der Waals surface area contributed by atoms with Crippen molar-refractivity contribution in [3.63, 3.8) is 0 Å². The maximum atomic E-state index is 11.8. The van der Waals surface area contributed by atoms with Crippen LogP contribution in [0.3, 0.4) is 0 Å². The number of carbonyl (C=O) groups excluding carboxylic acids is 2. The van der Waals surface area contributed by atoms with Gasteiger partial charge in [0.05, 0.1) is 0 Å². The molecule has 1 aliphatic carbocycles. The summed E-state index contributed by atoms with van der Waals surface area (Å²) in [5.74, 6) is 0.000330. The molecule has 1 N–H and O–H groups in total. The first-order chi connectivity index (χ1) is 11.7. The zero-order valence-corrected chi connectivity index (χ0v) is 15.4. The summed E-state index contributed by atoms with van der Waals surface area (Å²) in [6, 6.07) is 0. The van der Waals surface area contributed by atoms with Crippen LogP contribution in [0.4, 0.5) is 0 Å².